The first kappa shape index (κ1) is 33.5. The van der Waals surface area contributed by atoms with Gasteiger partial charge in [-0.05, 0) is 43.9 Å². The van der Waals surface area contributed by atoms with Gasteiger partial charge in [-0.2, -0.15) is 0 Å². The summed E-state index contributed by atoms with van der Waals surface area (Å²) in [5.74, 6) is -1.74. The van der Waals surface area contributed by atoms with Crippen molar-refractivity contribution in [3.8, 4) is 0 Å². The zero-order chi connectivity index (χ0) is 26.9. The quantitative estimate of drug-likeness (QED) is 0.147. The molecule has 202 valence electrons. The molecular weight excluding hydrogens is 487 g/mol. The fraction of sp³-hybridized carbons (Fsp3) is 0.692. The third-order valence-electron chi connectivity index (χ3n) is 5.98. The van der Waals surface area contributed by atoms with E-state index in [-0.39, 0.29) is 11.1 Å². The summed E-state index contributed by atoms with van der Waals surface area (Å²) in [6.07, 6.45) is 17.9. The number of esters is 2. The fourth-order valence-electron chi connectivity index (χ4n) is 3.86. The van der Waals surface area contributed by atoms with E-state index in [0.717, 1.165) is 32.4 Å². The lowest BCUT2D eigenvalue weighted by Crippen LogP contribution is -2.12. The molecule has 9 heteroatoms. The average molecular weight is 533 g/mol. The van der Waals surface area contributed by atoms with Gasteiger partial charge in [-0.25, -0.2) is 18.0 Å². The number of unbranched alkanes of at least 4 members (excludes halogenated alkanes) is 4. The van der Waals surface area contributed by atoms with E-state index in [0.29, 0.717) is 0 Å². The lowest BCUT2D eigenvalue weighted by molar-refractivity contribution is 0.0598. The third kappa shape index (κ3) is 12.9. The Morgan fingerprint density at radius 1 is 0.714 bits per heavy atom. The van der Waals surface area contributed by atoms with Gasteiger partial charge in [0.1, 0.15) is 10.1 Å². The maximum atomic E-state index is 11.3. The first-order valence-electron chi connectivity index (χ1n) is 12.7. The smallest absolute Gasteiger partial charge is 0.337 e. The molecule has 1 rings (SSSR count). The van der Waals surface area contributed by atoms with Crippen LogP contribution in [0.1, 0.15) is 99.8 Å². The van der Waals surface area contributed by atoms with Crippen LogP contribution in [0.2, 0.25) is 0 Å². The normalized spacial score (nSPS) is 11.4. The number of hydrogen-bond donors (Lipinski definition) is 0. The van der Waals surface area contributed by atoms with Crippen LogP contribution in [-0.4, -0.2) is 63.8 Å². The highest BCUT2D eigenvalue weighted by molar-refractivity contribution is 7.85. The number of ether oxygens (including phenoxy) is 2. The number of benzene rings is 1. The molecule has 0 amide bonds. The minimum absolute atomic E-state index is 0.227. The van der Waals surface area contributed by atoms with E-state index in [9.17, 15) is 22.6 Å². The Balaban J connectivity index is 0.000000662. The highest BCUT2D eigenvalue weighted by Gasteiger charge is 2.34. The van der Waals surface area contributed by atoms with Crippen molar-refractivity contribution in [2.75, 3.05) is 38.9 Å². The second kappa shape index (κ2) is 17.9. The summed E-state index contributed by atoms with van der Waals surface area (Å²) in [5, 5.41) is 0. The van der Waals surface area contributed by atoms with Gasteiger partial charge >= 0.3 is 11.9 Å². The fourth-order valence-corrected chi connectivity index (χ4v) is 9.69. The van der Waals surface area contributed by atoms with Crippen molar-refractivity contribution in [1.29, 1.82) is 0 Å². The minimum atomic E-state index is -4.80. The number of hydrogen-bond acceptors (Lipinski definition) is 7. The molecule has 0 saturated heterocycles. The lowest BCUT2D eigenvalue weighted by atomic mass is 10.1. The van der Waals surface area contributed by atoms with Crippen molar-refractivity contribution in [2.24, 2.45) is 0 Å². The number of carbonyl (C=O) groups is 2. The Hall–Kier alpha value is -1.50. The Morgan fingerprint density at radius 2 is 1.03 bits per heavy atom. The summed E-state index contributed by atoms with van der Waals surface area (Å²) < 4.78 is 41.5. The van der Waals surface area contributed by atoms with E-state index in [1.807, 2.05) is 0 Å². The Morgan fingerprint density at radius 3 is 1.26 bits per heavy atom. The van der Waals surface area contributed by atoms with E-state index < -0.39 is 34.2 Å². The molecule has 7 nitrogen and oxygen atoms in total. The number of carbonyl (C=O) groups excluding carboxylic acids is 2. The van der Waals surface area contributed by atoms with Crippen LogP contribution in [0.4, 0.5) is 0 Å². The maximum absolute atomic E-state index is 11.3. The van der Waals surface area contributed by atoms with Crippen LogP contribution in [0.25, 0.3) is 0 Å². The highest BCUT2D eigenvalue weighted by atomic mass is 32.2. The molecule has 0 aliphatic carbocycles. The van der Waals surface area contributed by atoms with E-state index in [4.69, 9.17) is 0 Å². The number of methoxy groups -OCH3 is 2. The molecule has 0 fully saturated rings. The molecule has 0 aliphatic rings. The first-order valence-corrected chi connectivity index (χ1v) is 16.6. The van der Waals surface area contributed by atoms with E-state index >= 15 is 0 Å². The zero-order valence-corrected chi connectivity index (χ0v) is 24.1. The Labute approximate surface area is 213 Å². The van der Waals surface area contributed by atoms with Gasteiger partial charge < -0.3 is 14.0 Å². The predicted octanol–water partition coefficient (Wildman–Crippen LogP) is 6.37. The van der Waals surface area contributed by atoms with Crippen molar-refractivity contribution >= 4 is 29.3 Å². The van der Waals surface area contributed by atoms with Crippen molar-refractivity contribution < 1.29 is 32.0 Å². The van der Waals surface area contributed by atoms with Crippen molar-refractivity contribution in [2.45, 2.75) is 84.0 Å². The first-order chi connectivity index (χ1) is 16.5. The SMILES string of the molecule is CCCC[P+](CCCC)(CCCC)CCCC.COC(=O)c1cc(C(=O)OC)cc(S(=O)(=O)[O-])c1. The van der Waals surface area contributed by atoms with Gasteiger partial charge in [0.2, 0.25) is 0 Å². The van der Waals surface area contributed by atoms with Crippen LogP contribution < -0.4 is 0 Å². The summed E-state index contributed by atoms with van der Waals surface area (Å²) >= 11 is 0. The van der Waals surface area contributed by atoms with Gasteiger partial charge in [0.25, 0.3) is 0 Å². The van der Waals surface area contributed by atoms with Crippen molar-refractivity contribution in [3.63, 3.8) is 0 Å². The van der Waals surface area contributed by atoms with Gasteiger partial charge in [-0.1, -0.05) is 53.4 Å². The number of rotatable bonds is 15. The third-order valence-corrected chi connectivity index (χ3v) is 11.9. The predicted molar refractivity (Wildman–Crippen MR) is 143 cm³/mol. The van der Waals surface area contributed by atoms with Crippen molar-refractivity contribution in [1.82, 2.24) is 0 Å². The average Bonchev–Trinajstić information content (AvgIpc) is 2.86. The molecule has 0 aromatic heterocycles. The Bertz CT molecular complexity index is 797. The van der Waals surface area contributed by atoms with Crippen LogP contribution in [0.3, 0.4) is 0 Å². The highest BCUT2D eigenvalue weighted by Crippen LogP contribution is 2.61. The van der Waals surface area contributed by atoms with Crippen LogP contribution >= 0.6 is 7.26 Å². The molecule has 1 aromatic carbocycles. The second-order valence-corrected chi connectivity index (χ2v) is 14.7. The summed E-state index contributed by atoms with van der Waals surface area (Å²) in [6, 6.07) is 2.74. The topological polar surface area (TPSA) is 110 Å². The maximum Gasteiger partial charge on any atom is 0.337 e. The molecule has 35 heavy (non-hydrogen) atoms. The standard InChI is InChI=1S/C16H36P.C10H10O7S/c1-5-9-13-17(14-10-6-2,15-11-7-3)16-12-8-4;1-16-9(11)6-3-7(10(12)17-2)5-8(4-6)18(13,14)15/h5-16H2,1-4H3;3-5H,1-2H3,(H,13,14,15)/q+1;/p-1. The van der Waals surface area contributed by atoms with Gasteiger partial charge in [-0.3, -0.25) is 0 Å². The summed E-state index contributed by atoms with van der Waals surface area (Å²) in [4.78, 5) is 21.9. The van der Waals surface area contributed by atoms with E-state index in [2.05, 4.69) is 37.2 Å². The molecule has 0 saturated carbocycles. The van der Waals surface area contributed by atoms with Crippen LogP contribution in [0.15, 0.2) is 23.1 Å². The van der Waals surface area contributed by atoms with E-state index in [1.54, 1.807) is 24.6 Å². The van der Waals surface area contributed by atoms with Crippen LogP contribution in [0.5, 0.6) is 0 Å². The zero-order valence-electron chi connectivity index (χ0n) is 22.4. The van der Waals surface area contributed by atoms with Gasteiger partial charge in [0.05, 0.1) is 54.9 Å². The van der Waals surface area contributed by atoms with Crippen LogP contribution in [0, 0.1) is 0 Å². The molecule has 0 aliphatic heterocycles. The largest absolute Gasteiger partial charge is 0.744 e. The molecule has 0 atom stereocenters. The van der Waals surface area contributed by atoms with Gasteiger partial charge in [0.15, 0.2) is 0 Å². The lowest BCUT2D eigenvalue weighted by Gasteiger charge is -2.28. The second-order valence-electron chi connectivity index (χ2n) is 8.83. The molecule has 0 bridgehead atoms. The minimum Gasteiger partial charge on any atom is -0.744 e. The monoisotopic (exact) mass is 532 g/mol. The molecule has 0 heterocycles. The molecule has 0 unspecified atom stereocenters. The Kier molecular flexibility index (Phi) is 17.1. The van der Waals surface area contributed by atoms with Gasteiger partial charge in [0, 0.05) is 7.26 Å². The molecule has 1 aromatic rings. The van der Waals surface area contributed by atoms with Gasteiger partial charge in [-0.15, -0.1) is 0 Å². The summed E-state index contributed by atoms with van der Waals surface area (Å²) in [5.41, 5.74) is -0.454. The van der Waals surface area contributed by atoms with E-state index in [1.165, 1.54) is 51.4 Å². The summed E-state index contributed by atoms with van der Waals surface area (Å²) in [7, 11) is -3.20. The molecule has 0 spiro atoms. The molecular formula is C26H45O7PS. The van der Waals surface area contributed by atoms with Crippen LogP contribution in [-0.2, 0) is 19.6 Å². The van der Waals surface area contributed by atoms with Crippen molar-refractivity contribution in [3.05, 3.63) is 29.3 Å². The molecule has 0 N–H and O–H groups in total. The summed E-state index contributed by atoms with van der Waals surface area (Å²) in [6.45, 7) is 9.42. The molecule has 0 radical (unpaired) electrons.